The number of hydrogen-bond donors (Lipinski definition) is 0. The minimum Gasteiger partial charge on any atom is -0.331 e. The molecule has 4 heteroatoms. The van der Waals surface area contributed by atoms with Crippen LogP contribution in [0.5, 0.6) is 0 Å². The predicted octanol–water partition coefficient (Wildman–Crippen LogP) is 5.37. The number of pyridine rings is 1. The molecule has 1 aromatic carbocycles. The van der Waals surface area contributed by atoms with Crippen molar-refractivity contribution in [1.82, 2.24) is 14.8 Å². The minimum absolute atomic E-state index is 0.121. The molecule has 0 bridgehead atoms. The van der Waals surface area contributed by atoms with Gasteiger partial charge >= 0.3 is 0 Å². The summed E-state index contributed by atoms with van der Waals surface area (Å²) in [6.45, 7) is 3.55. The average molecular weight is 444 g/mol. The summed E-state index contributed by atoms with van der Waals surface area (Å²) in [6.07, 6.45) is 15.8. The van der Waals surface area contributed by atoms with Crippen molar-refractivity contribution in [3.63, 3.8) is 0 Å². The van der Waals surface area contributed by atoms with E-state index in [-0.39, 0.29) is 11.9 Å². The predicted molar refractivity (Wildman–Crippen MR) is 133 cm³/mol. The molecule has 0 radical (unpaired) electrons. The molecule has 174 valence electrons. The van der Waals surface area contributed by atoms with Crippen LogP contribution in [0, 0.1) is 11.8 Å². The van der Waals surface area contributed by atoms with Crippen LogP contribution in [-0.4, -0.2) is 52.4 Å². The summed E-state index contributed by atoms with van der Waals surface area (Å²) in [5, 5.41) is 0. The molecule has 1 aliphatic heterocycles. The normalized spacial score (nSPS) is 22.7. The molecule has 1 aromatic heterocycles. The van der Waals surface area contributed by atoms with Gasteiger partial charge in [-0.05, 0) is 94.0 Å². The molecule has 2 aromatic rings. The first-order valence-corrected chi connectivity index (χ1v) is 12.9. The molecule has 2 fully saturated rings. The minimum atomic E-state index is 0.121. The molecule has 1 saturated carbocycles. The Bertz CT molecular complexity index is 916. The number of carbonyl (C=O) groups excluding carboxylic acids is 1. The molecule has 5 rings (SSSR count). The van der Waals surface area contributed by atoms with Gasteiger partial charge in [-0.2, -0.15) is 0 Å². The lowest BCUT2D eigenvalue weighted by atomic mass is 9.83. The van der Waals surface area contributed by atoms with Crippen LogP contribution >= 0.6 is 0 Å². The summed E-state index contributed by atoms with van der Waals surface area (Å²) in [7, 11) is 0. The number of piperidine rings is 1. The first kappa shape index (κ1) is 22.3. The zero-order chi connectivity index (χ0) is 22.5. The summed E-state index contributed by atoms with van der Waals surface area (Å²) in [6, 6.07) is 17.1. The van der Waals surface area contributed by atoms with Crippen molar-refractivity contribution < 1.29 is 4.79 Å². The SMILES string of the molecule is O=C(c1ccccn1)N(C1CC1)[C@@H](Cc1ccccc1)C1CCN(C[C@@H]2CC=CCC2)CC1. The van der Waals surface area contributed by atoms with Gasteiger partial charge in [-0.1, -0.05) is 48.6 Å². The second-order valence-electron chi connectivity index (χ2n) is 10.2. The molecule has 2 heterocycles. The van der Waals surface area contributed by atoms with E-state index in [0.29, 0.717) is 17.7 Å². The maximum absolute atomic E-state index is 13.7. The third-order valence-corrected chi connectivity index (χ3v) is 7.77. The number of amides is 1. The van der Waals surface area contributed by atoms with Crippen LogP contribution < -0.4 is 0 Å². The lowest BCUT2D eigenvalue weighted by Crippen LogP contribution is -2.50. The number of likely N-dealkylation sites (tertiary alicyclic amines) is 1. The largest absolute Gasteiger partial charge is 0.331 e. The summed E-state index contributed by atoms with van der Waals surface area (Å²) in [5.41, 5.74) is 1.92. The van der Waals surface area contributed by atoms with Gasteiger partial charge in [0.1, 0.15) is 5.69 Å². The lowest BCUT2D eigenvalue weighted by Gasteiger charge is -2.42. The molecule has 2 aliphatic carbocycles. The van der Waals surface area contributed by atoms with Crippen molar-refractivity contribution >= 4 is 5.91 Å². The van der Waals surface area contributed by atoms with E-state index in [1.54, 1.807) is 6.20 Å². The van der Waals surface area contributed by atoms with Crippen LogP contribution in [0.1, 0.15) is 61.0 Å². The van der Waals surface area contributed by atoms with E-state index in [9.17, 15) is 4.79 Å². The summed E-state index contributed by atoms with van der Waals surface area (Å²) in [4.78, 5) is 23.0. The molecule has 1 amide bonds. The van der Waals surface area contributed by atoms with Crippen LogP contribution in [0.3, 0.4) is 0 Å². The van der Waals surface area contributed by atoms with Gasteiger partial charge in [0.25, 0.3) is 5.91 Å². The van der Waals surface area contributed by atoms with E-state index in [2.05, 4.69) is 57.3 Å². The van der Waals surface area contributed by atoms with Crippen molar-refractivity contribution in [1.29, 1.82) is 0 Å². The summed E-state index contributed by atoms with van der Waals surface area (Å²) >= 11 is 0. The highest BCUT2D eigenvalue weighted by Gasteiger charge is 2.42. The third-order valence-electron chi connectivity index (χ3n) is 7.77. The van der Waals surface area contributed by atoms with Crippen LogP contribution in [0.4, 0.5) is 0 Å². The van der Waals surface area contributed by atoms with Gasteiger partial charge in [-0.15, -0.1) is 0 Å². The van der Waals surface area contributed by atoms with Crippen molar-refractivity contribution in [3.8, 4) is 0 Å². The fourth-order valence-corrected chi connectivity index (χ4v) is 5.82. The highest BCUT2D eigenvalue weighted by atomic mass is 16.2. The topological polar surface area (TPSA) is 36.4 Å². The number of carbonyl (C=O) groups is 1. The van der Waals surface area contributed by atoms with Crippen molar-refractivity contribution in [2.75, 3.05) is 19.6 Å². The number of rotatable bonds is 8. The molecule has 0 spiro atoms. The summed E-state index contributed by atoms with van der Waals surface area (Å²) < 4.78 is 0. The molecule has 0 N–H and O–H groups in total. The Hall–Kier alpha value is -2.46. The Morgan fingerprint density at radius 1 is 0.970 bits per heavy atom. The molecule has 1 saturated heterocycles. The van der Waals surface area contributed by atoms with Crippen LogP contribution in [0.25, 0.3) is 0 Å². The van der Waals surface area contributed by atoms with Crippen LogP contribution in [0.2, 0.25) is 0 Å². The number of allylic oxidation sites excluding steroid dienone is 2. The first-order chi connectivity index (χ1) is 16.3. The number of benzene rings is 1. The Labute approximate surface area is 198 Å². The van der Waals surface area contributed by atoms with Crippen molar-refractivity contribution in [3.05, 3.63) is 78.1 Å². The number of aromatic nitrogens is 1. The van der Waals surface area contributed by atoms with E-state index in [1.807, 2.05) is 18.2 Å². The molecule has 0 unspecified atom stereocenters. The maximum atomic E-state index is 13.7. The smallest absolute Gasteiger partial charge is 0.272 e. The lowest BCUT2D eigenvalue weighted by molar-refractivity contribution is 0.0468. The molecule has 4 nitrogen and oxygen atoms in total. The van der Waals surface area contributed by atoms with Crippen LogP contribution in [0.15, 0.2) is 66.9 Å². The van der Waals surface area contributed by atoms with E-state index in [0.717, 1.165) is 38.3 Å². The Morgan fingerprint density at radius 3 is 2.42 bits per heavy atom. The Balaban J connectivity index is 1.32. The standard InChI is InChI=1S/C29H37N3O/c33-29(27-13-7-8-18-30-27)32(26-14-15-26)28(21-23-9-3-1-4-10-23)25-16-19-31(20-17-25)22-24-11-5-2-6-12-24/h1-5,7-10,13,18,24-26,28H,6,11-12,14-17,19-22H2/t24-,28+/m1/s1. The van der Waals surface area contributed by atoms with Gasteiger partial charge in [0, 0.05) is 24.8 Å². The van der Waals surface area contributed by atoms with Gasteiger partial charge in [0.05, 0.1) is 0 Å². The van der Waals surface area contributed by atoms with Gasteiger partial charge < -0.3 is 9.80 Å². The molecule has 2 atom stereocenters. The fourth-order valence-electron chi connectivity index (χ4n) is 5.82. The van der Waals surface area contributed by atoms with Crippen molar-refractivity contribution in [2.24, 2.45) is 11.8 Å². The second-order valence-corrected chi connectivity index (χ2v) is 10.2. The highest BCUT2D eigenvalue weighted by Crippen LogP contribution is 2.36. The maximum Gasteiger partial charge on any atom is 0.272 e. The van der Waals surface area contributed by atoms with Gasteiger partial charge in [-0.3, -0.25) is 9.78 Å². The monoisotopic (exact) mass is 443 g/mol. The second kappa shape index (κ2) is 10.6. The van der Waals surface area contributed by atoms with E-state index < -0.39 is 0 Å². The summed E-state index contributed by atoms with van der Waals surface area (Å²) in [5.74, 6) is 1.48. The number of hydrogen-bond acceptors (Lipinski definition) is 3. The Kier molecular flexibility index (Phi) is 7.21. The highest BCUT2D eigenvalue weighted by molar-refractivity contribution is 5.93. The quantitative estimate of drug-likeness (QED) is 0.515. The average Bonchev–Trinajstić information content (AvgIpc) is 3.71. The zero-order valence-electron chi connectivity index (χ0n) is 19.7. The van der Waals surface area contributed by atoms with E-state index >= 15 is 0 Å². The van der Waals surface area contributed by atoms with Gasteiger partial charge in [-0.25, -0.2) is 0 Å². The van der Waals surface area contributed by atoms with Gasteiger partial charge in [0.2, 0.25) is 0 Å². The molecule has 3 aliphatic rings. The molecular weight excluding hydrogens is 406 g/mol. The van der Waals surface area contributed by atoms with Crippen LogP contribution in [-0.2, 0) is 6.42 Å². The first-order valence-electron chi connectivity index (χ1n) is 12.9. The van der Waals surface area contributed by atoms with Gasteiger partial charge in [0.15, 0.2) is 0 Å². The Morgan fingerprint density at radius 2 is 1.76 bits per heavy atom. The van der Waals surface area contributed by atoms with E-state index in [1.165, 1.54) is 44.2 Å². The van der Waals surface area contributed by atoms with Crippen molar-refractivity contribution in [2.45, 2.75) is 63.5 Å². The van der Waals surface area contributed by atoms with E-state index in [4.69, 9.17) is 0 Å². The fraction of sp³-hybridized carbons (Fsp3) is 0.517. The molecular formula is C29H37N3O. The third kappa shape index (κ3) is 5.73. The number of nitrogens with zero attached hydrogens (tertiary/aromatic N) is 3. The zero-order valence-corrected chi connectivity index (χ0v) is 19.7. The molecule has 33 heavy (non-hydrogen) atoms.